The summed E-state index contributed by atoms with van der Waals surface area (Å²) in [6.07, 6.45) is 4.49. The topological polar surface area (TPSA) is 39.7 Å². The molecule has 1 aliphatic rings. The minimum absolute atomic E-state index is 0.241. The van der Waals surface area contributed by atoms with Gasteiger partial charge in [0, 0.05) is 13.2 Å². The maximum atomic E-state index is 6.05. The van der Waals surface area contributed by atoms with Crippen LogP contribution in [-0.2, 0) is 17.7 Å². The van der Waals surface area contributed by atoms with Crippen molar-refractivity contribution in [3.63, 3.8) is 0 Å². The summed E-state index contributed by atoms with van der Waals surface area (Å²) < 4.78 is 17.5. The summed E-state index contributed by atoms with van der Waals surface area (Å²) in [5.74, 6) is 1.79. The molecule has 0 aliphatic carbocycles. The summed E-state index contributed by atoms with van der Waals surface area (Å²) in [4.78, 5) is 0. The Labute approximate surface area is 185 Å². The third-order valence-electron chi connectivity index (χ3n) is 5.46. The highest BCUT2D eigenvalue weighted by Gasteiger charge is 2.15. The molecule has 162 valence electrons. The third-order valence-corrected chi connectivity index (χ3v) is 5.46. The van der Waals surface area contributed by atoms with Crippen molar-refractivity contribution in [3.8, 4) is 11.5 Å². The Balaban J connectivity index is 1.22. The molecule has 1 aliphatic heterocycles. The summed E-state index contributed by atoms with van der Waals surface area (Å²) >= 11 is 0. The van der Waals surface area contributed by atoms with Crippen molar-refractivity contribution in [2.75, 3.05) is 25.1 Å². The summed E-state index contributed by atoms with van der Waals surface area (Å²) in [7, 11) is 0. The fraction of sp³-hybridized carbons (Fsp3) is 0.333. The molecule has 0 radical (unpaired) electrons. The Morgan fingerprint density at radius 2 is 1.65 bits per heavy atom. The molecule has 0 amide bonds. The molecule has 0 spiro atoms. The first kappa shape index (κ1) is 21.3. The average molecular weight is 418 g/mol. The maximum Gasteiger partial charge on any atom is 0.142 e. The number of para-hydroxylation sites is 2. The Morgan fingerprint density at radius 3 is 2.45 bits per heavy atom. The molecule has 4 heteroatoms. The van der Waals surface area contributed by atoms with Gasteiger partial charge in [0.15, 0.2) is 0 Å². The average Bonchev–Trinajstić information content (AvgIpc) is 3.35. The molecule has 1 unspecified atom stereocenters. The lowest BCUT2D eigenvalue weighted by atomic mass is 10.1. The lowest BCUT2D eigenvalue weighted by molar-refractivity contribution is 0.0679. The number of anilines is 1. The van der Waals surface area contributed by atoms with Gasteiger partial charge in [0.2, 0.25) is 0 Å². The van der Waals surface area contributed by atoms with Crippen LogP contribution >= 0.6 is 0 Å². The Morgan fingerprint density at radius 1 is 0.839 bits per heavy atom. The van der Waals surface area contributed by atoms with Gasteiger partial charge in [-0.1, -0.05) is 54.6 Å². The summed E-state index contributed by atoms with van der Waals surface area (Å²) in [6.45, 7) is 2.92. The van der Waals surface area contributed by atoms with Crippen LogP contribution in [0, 0.1) is 0 Å². The van der Waals surface area contributed by atoms with Crippen molar-refractivity contribution < 1.29 is 14.2 Å². The predicted molar refractivity (Wildman–Crippen MR) is 125 cm³/mol. The molecule has 3 aromatic rings. The minimum atomic E-state index is 0.241. The van der Waals surface area contributed by atoms with E-state index in [4.69, 9.17) is 14.2 Å². The lowest BCUT2D eigenvalue weighted by Crippen LogP contribution is -2.16. The molecule has 1 saturated heterocycles. The van der Waals surface area contributed by atoms with Crippen molar-refractivity contribution >= 4 is 5.69 Å². The first-order valence-electron chi connectivity index (χ1n) is 11.2. The largest absolute Gasteiger partial charge is 0.491 e. The van der Waals surface area contributed by atoms with E-state index < -0.39 is 0 Å². The number of hydrogen-bond acceptors (Lipinski definition) is 4. The number of benzene rings is 3. The molecule has 0 saturated carbocycles. The zero-order chi connectivity index (χ0) is 21.1. The van der Waals surface area contributed by atoms with Crippen LogP contribution in [0.5, 0.6) is 11.5 Å². The number of ether oxygens (including phenoxy) is 3. The van der Waals surface area contributed by atoms with Crippen LogP contribution in [0.3, 0.4) is 0 Å². The van der Waals surface area contributed by atoms with Gasteiger partial charge in [0.1, 0.15) is 18.1 Å². The van der Waals surface area contributed by atoms with Gasteiger partial charge in [-0.25, -0.2) is 0 Å². The van der Waals surface area contributed by atoms with E-state index in [9.17, 15) is 0 Å². The maximum absolute atomic E-state index is 6.05. The smallest absolute Gasteiger partial charge is 0.142 e. The van der Waals surface area contributed by atoms with Crippen molar-refractivity contribution in [2.45, 2.75) is 38.3 Å². The first-order chi connectivity index (χ1) is 15.4. The molecule has 4 rings (SSSR count). The van der Waals surface area contributed by atoms with Crippen molar-refractivity contribution in [2.24, 2.45) is 0 Å². The number of nitrogens with one attached hydrogen (secondary N) is 1. The second kappa shape index (κ2) is 11.4. The van der Waals surface area contributed by atoms with Gasteiger partial charge in [0.05, 0.1) is 18.4 Å². The third kappa shape index (κ3) is 6.76. The van der Waals surface area contributed by atoms with Gasteiger partial charge in [0.25, 0.3) is 0 Å². The molecule has 1 heterocycles. The highest BCUT2D eigenvalue weighted by molar-refractivity contribution is 5.56. The second-order valence-corrected chi connectivity index (χ2v) is 7.88. The molecule has 1 fully saturated rings. The molecule has 1 N–H and O–H groups in total. The van der Waals surface area contributed by atoms with Gasteiger partial charge in [-0.15, -0.1) is 0 Å². The van der Waals surface area contributed by atoms with Crippen molar-refractivity contribution in [1.82, 2.24) is 0 Å². The summed E-state index contributed by atoms with van der Waals surface area (Å²) in [5.41, 5.74) is 3.56. The van der Waals surface area contributed by atoms with E-state index in [0.29, 0.717) is 13.2 Å². The van der Waals surface area contributed by atoms with E-state index in [2.05, 4.69) is 47.8 Å². The van der Waals surface area contributed by atoms with Crippen molar-refractivity contribution in [3.05, 3.63) is 90.0 Å². The van der Waals surface area contributed by atoms with E-state index in [-0.39, 0.29) is 6.10 Å². The fourth-order valence-corrected chi connectivity index (χ4v) is 3.71. The Hall–Kier alpha value is -2.98. The number of rotatable bonds is 11. The molecular formula is C27H31NO3. The second-order valence-electron chi connectivity index (χ2n) is 7.88. The van der Waals surface area contributed by atoms with Gasteiger partial charge >= 0.3 is 0 Å². The summed E-state index contributed by atoms with van der Waals surface area (Å²) in [6, 6.07) is 26.9. The first-order valence-corrected chi connectivity index (χ1v) is 11.2. The van der Waals surface area contributed by atoms with Gasteiger partial charge in [-0.3, -0.25) is 0 Å². The highest BCUT2D eigenvalue weighted by Crippen LogP contribution is 2.25. The molecular weight excluding hydrogens is 386 g/mol. The van der Waals surface area contributed by atoms with Crippen LogP contribution < -0.4 is 14.8 Å². The molecule has 3 aromatic carbocycles. The molecule has 0 aromatic heterocycles. The summed E-state index contributed by atoms with van der Waals surface area (Å²) in [5, 5.41) is 3.50. The monoisotopic (exact) mass is 417 g/mol. The standard InChI is InChI=1S/C27H31NO3/c1-2-8-22(9-3-1)10-6-19-30-27-13-5-4-12-26(27)28-20-23-14-16-24(17-15-23)31-21-25-11-7-18-29-25/h1-5,8-9,12-17,25,28H,6-7,10-11,18-21H2. The van der Waals surface area contributed by atoms with Gasteiger partial charge in [-0.2, -0.15) is 0 Å². The van der Waals surface area contributed by atoms with Crippen molar-refractivity contribution in [1.29, 1.82) is 0 Å². The van der Waals surface area contributed by atoms with Gasteiger partial charge in [-0.05, 0) is 61.1 Å². The quantitative estimate of drug-likeness (QED) is 0.396. The van der Waals surface area contributed by atoms with Crippen LogP contribution in [0.25, 0.3) is 0 Å². The van der Waals surface area contributed by atoms with Crippen LogP contribution in [0.15, 0.2) is 78.9 Å². The zero-order valence-electron chi connectivity index (χ0n) is 18.0. The van der Waals surface area contributed by atoms with E-state index in [1.807, 2.05) is 36.4 Å². The van der Waals surface area contributed by atoms with E-state index in [1.165, 1.54) is 11.1 Å². The normalized spacial score (nSPS) is 15.5. The molecule has 0 bridgehead atoms. The van der Waals surface area contributed by atoms with Crippen LogP contribution in [0.2, 0.25) is 0 Å². The SMILES string of the molecule is c1ccc(CCCOc2ccccc2NCc2ccc(OCC3CCCO3)cc2)cc1. The van der Waals surface area contributed by atoms with Crippen LogP contribution in [-0.4, -0.2) is 25.9 Å². The van der Waals surface area contributed by atoms with Gasteiger partial charge < -0.3 is 19.5 Å². The zero-order valence-corrected chi connectivity index (χ0v) is 18.0. The minimum Gasteiger partial charge on any atom is -0.491 e. The van der Waals surface area contributed by atoms with E-state index >= 15 is 0 Å². The highest BCUT2D eigenvalue weighted by atomic mass is 16.5. The number of aryl methyl sites for hydroxylation is 1. The van der Waals surface area contributed by atoms with Crippen LogP contribution in [0.1, 0.15) is 30.4 Å². The number of hydrogen-bond donors (Lipinski definition) is 1. The lowest BCUT2D eigenvalue weighted by Gasteiger charge is -2.14. The molecule has 1 atom stereocenters. The van der Waals surface area contributed by atoms with E-state index in [0.717, 1.165) is 56.0 Å². The Kier molecular flexibility index (Phi) is 7.83. The molecule has 31 heavy (non-hydrogen) atoms. The Bertz CT molecular complexity index is 905. The fourth-order valence-electron chi connectivity index (χ4n) is 3.71. The molecule has 4 nitrogen and oxygen atoms in total. The van der Waals surface area contributed by atoms with Crippen LogP contribution in [0.4, 0.5) is 5.69 Å². The predicted octanol–water partition coefficient (Wildman–Crippen LogP) is 5.87. The van der Waals surface area contributed by atoms with E-state index in [1.54, 1.807) is 0 Å².